The molecule has 0 radical (unpaired) electrons. The van der Waals surface area contributed by atoms with Crippen LogP contribution in [-0.4, -0.2) is 57.7 Å². The molecule has 2 amide bonds. The number of hydrogen-bond acceptors (Lipinski definition) is 7. The zero-order valence-electron chi connectivity index (χ0n) is 23.1. The van der Waals surface area contributed by atoms with Crippen molar-refractivity contribution in [1.82, 2.24) is 10.1 Å². The molecule has 2 aromatic carbocycles. The first-order valence-corrected chi connectivity index (χ1v) is 13.4. The Labute approximate surface area is 233 Å². The predicted molar refractivity (Wildman–Crippen MR) is 149 cm³/mol. The van der Waals surface area contributed by atoms with Crippen LogP contribution in [0.2, 0.25) is 0 Å². The number of Topliss-reactive ketones (excluding diaryl/α,β-unsaturated/α-hetero) is 1. The lowest BCUT2D eigenvalue weighted by molar-refractivity contribution is -0.132. The van der Waals surface area contributed by atoms with Crippen molar-refractivity contribution in [2.75, 3.05) is 18.0 Å². The van der Waals surface area contributed by atoms with E-state index in [1.54, 1.807) is 35.2 Å². The Kier molecular flexibility index (Phi) is 7.23. The number of carbonyl (C=O) groups is 3. The zero-order valence-corrected chi connectivity index (χ0v) is 23.1. The molecule has 3 heterocycles. The molecule has 2 saturated heterocycles. The summed E-state index contributed by atoms with van der Waals surface area (Å²) in [5, 5.41) is 15.3. The van der Waals surface area contributed by atoms with Gasteiger partial charge in [-0.05, 0) is 58.6 Å². The van der Waals surface area contributed by atoms with E-state index >= 15 is 0 Å². The van der Waals surface area contributed by atoms with E-state index in [2.05, 4.69) is 5.16 Å². The minimum atomic E-state index is -0.724. The average Bonchev–Trinajstić information content (AvgIpc) is 3.55. The third-order valence-corrected chi connectivity index (χ3v) is 7.33. The van der Waals surface area contributed by atoms with E-state index in [9.17, 15) is 19.5 Å². The maximum absolute atomic E-state index is 13.5. The van der Waals surface area contributed by atoms with Gasteiger partial charge in [0.2, 0.25) is 0 Å². The van der Waals surface area contributed by atoms with Crippen LogP contribution in [0.15, 0.2) is 71.0 Å². The molecule has 5 rings (SSSR count). The molecule has 1 unspecified atom stereocenters. The standard InChI is InChI=1S/C31H33N3O6/c1-19-5-7-22(8-6-19)27(35)25-26(21-13-16-33(17-14-21)30(38)40-31(2,3)4)34(29(37)28(25)36)23-11-9-20(10-12-23)24-15-18-39-32-24/h5-12,15,18,21,26,35H,13-14,16-17H2,1-4H3. The zero-order chi connectivity index (χ0) is 28.6. The van der Waals surface area contributed by atoms with Crippen LogP contribution in [0.4, 0.5) is 10.5 Å². The third kappa shape index (κ3) is 5.36. The van der Waals surface area contributed by atoms with Crippen molar-refractivity contribution in [3.05, 3.63) is 77.6 Å². The van der Waals surface area contributed by atoms with Gasteiger partial charge in [0.05, 0.1) is 11.6 Å². The van der Waals surface area contributed by atoms with Crippen molar-refractivity contribution in [2.24, 2.45) is 5.92 Å². The van der Waals surface area contributed by atoms with Crippen molar-refractivity contribution < 1.29 is 28.8 Å². The van der Waals surface area contributed by atoms with E-state index < -0.39 is 23.3 Å². The molecule has 9 nitrogen and oxygen atoms in total. The second-order valence-electron chi connectivity index (χ2n) is 11.3. The number of anilines is 1. The molecular weight excluding hydrogens is 510 g/mol. The molecule has 3 aromatic rings. The number of aryl methyl sites for hydroxylation is 1. The lowest BCUT2D eigenvalue weighted by Gasteiger charge is -2.38. The molecule has 0 bridgehead atoms. The summed E-state index contributed by atoms with van der Waals surface area (Å²) < 4.78 is 10.5. The summed E-state index contributed by atoms with van der Waals surface area (Å²) in [6.07, 6.45) is 2.16. The number of aliphatic hydroxyl groups is 1. The van der Waals surface area contributed by atoms with Crippen molar-refractivity contribution >= 4 is 29.2 Å². The number of amides is 2. The summed E-state index contributed by atoms with van der Waals surface area (Å²) in [5.74, 6) is -1.79. The van der Waals surface area contributed by atoms with E-state index in [4.69, 9.17) is 9.26 Å². The van der Waals surface area contributed by atoms with Gasteiger partial charge in [0.1, 0.15) is 23.3 Å². The van der Waals surface area contributed by atoms with Gasteiger partial charge >= 0.3 is 6.09 Å². The number of ketones is 1. The highest BCUT2D eigenvalue weighted by Crippen LogP contribution is 2.40. The highest BCUT2D eigenvalue weighted by molar-refractivity contribution is 6.51. The van der Waals surface area contributed by atoms with Gasteiger partial charge < -0.3 is 19.3 Å². The minimum absolute atomic E-state index is 0.0881. The first-order valence-electron chi connectivity index (χ1n) is 13.4. The Morgan fingerprint density at radius 3 is 2.23 bits per heavy atom. The largest absolute Gasteiger partial charge is 0.507 e. The fraction of sp³-hybridized carbons (Fsp3) is 0.355. The Balaban J connectivity index is 1.50. The predicted octanol–water partition coefficient (Wildman–Crippen LogP) is 5.55. The van der Waals surface area contributed by atoms with Gasteiger partial charge in [0, 0.05) is 36.0 Å². The van der Waals surface area contributed by atoms with Gasteiger partial charge in [0.25, 0.3) is 11.7 Å². The summed E-state index contributed by atoms with van der Waals surface area (Å²) in [5.41, 5.74) is 2.96. The van der Waals surface area contributed by atoms with Crippen LogP contribution in [-0.2, 0) is 14.3 Å². The smallest absolute Gasteiger partial charge is 0.410 e. The normalized spacial score (nSPS) is 19.8. The van der Waals surface area contributed by atoms with Gasteiger partial charge in [0.15, 0.2) is 0 Å². The van der Waals surface area contributed by atoms with E-state index in [1.807, 2.05) is 52.0 Å². The number of likely N-dealkylation sites (tertiary alicyclic amines) is 1. The second-order valence-corrected chi connectivity index (χ2v) is 11.3. The number of aliphatic hydroxyl groups excluding tert-OH is 1. The molecular formula is C31H33N3O6. The average molecular weight is 544 g/mol. The van der Waals surface area contributed by atoms with Crippen LogP contribution < -0.4 is 4.90 Å². The van der Waals surface area contributed by atoms with Crippen molar-refractivity contribution in [3.63, 3.8) is 0 Å². The molecule has 1 N–H and O–H groups in total. The SMILES string of the molecule is Cc1ccc(C(O)=C2C(=O)C(=O)N(c3ccc(-c4ccon4)cc3)C2C2CCN(C(=O)OC(C)(C)C)CC2)cc1. The Hall–Kier alpha value is -4.40. The van der Waals surface area contributed by atoms with Crippen LogP contribution >= 0.6 is 0 Å². The van der Waals surface area contributed by atoms with E-state index in [-0.39, 0.29) is 23.3 Å². The summed E-state index contributed by atoms with van der Waals surface area (Å²) in [7, 11) is 0. The number of rotatable bonds is 4. The van der Waals surface area contributed by atoms with Gasteiger partial charge in [-0.15, -0.1) is 0 Å². The lowest BCUT2D eigenvalue weighted by Crippen LogP contribution is -2.47. The fourth-order valence-corrected chi connectivity index (χ4v) is 5.33. The first kappa shape index (κ1) is 27.2. The maximum Gasteiger partial charge on any atom is 0.410 e. The quantitative estimate of drug-likeness (QED) is 0.261. The molecule has 208 valence electrons. The minimum Gasteiger partial charge on any atom is -0.507 e. The number of aromatic nitrogens is 1. The third-order valence-electron chi connectivity index (χ3n) is 7.33. The lowest BCUT2D eigenvalue weighted by atomic mass is 9.84. The van der Waals surface area contributed by atoms with Crippen LogP contribution in [0, 0.1) is 12.8 Å². The molecule has 9 heteroatoms. The van der Waals surface area contributed by atoms with Crippen LogP contribution in [0.3, 0.4) is 0 Å². The number of nitrogens with zero attached hydrogens (tertiary/aromatic N) is 3. The number of ether oxygens (including phenoxy) is 1. The first-order chi connectivity index (χ1) is 19.0. The Morgan fingerprint density at radius 1 is 1.00 bits per heavy atom. The summed E-state index contributed by atoms with van der Waals surface area (Å²) >= 11 is 0. The molecule has 0 saturated carbocycles. The fourth-order valence-electron chi connectivity index (χ4n) is 5.33. The highest BCUT2D eigenvalue weighted by atomic mass is 16.6. The van der Waals surface area contributed by atoms with Gasteiger partial charge in [-0.25, -0.2) is 4.79 Å². The molecule has 2 aliphatic heterocycles. The highest BCUT2D eigenvalue weighted by Gasteiger charge is 2.50. The van der Waals surface area contributed by atoms with Crippen LogP contribution in [0.5, 0.6) is 0 Å². The Bertz CT molecular complexity index is 1430. The molecule has 2 aliphatic rings. The number of benzene rings is 2. The number of carbonyl (C=O) groups excluding carboxylic acids is 3. The molecule has 0 spiro atoms. The molecule has 1 atom stereocenters. The van der Waals surface area contributed by atoms with Crippen molar-refractivity contribution in [1.29, 1.82) is 0 Å². The monoisotopic (exact) mass is 543 g/mol. The second kappa shape index (κ2) is 10.6. The van der Waals surface area contributed by atoms with E-state index in [0.717, 1.165) is 11.1 Å². The molecule has 1 aromatic heterocycles. The van der Waals surface area contributed by atoms with E-state index in [1.165, 1.54) is 11.2 Å². The van der Waals surface area contributed by atoms with Crippen LogP contribution in [0.25, 0.3) is 17.0 Å². The van der Waals surface area contributed by atoms with Gasteiger partial charge in [-0.1, -0.05) is 47.1 Å². The molecule has 40 heavy (non-hydrogen) atoms. The van der Waals surface area contributed by atoms with Crippen molar-refractivity contribution in [3.8, 4) is 11.3 Å². The maximum atomic E-state index is 13.5. The summed E-state index contributed by atoms with van der Waals surface area (Å²) in [6.45, 7) is 8.23. The topological polar surface area (TPSA) is 113 Å². The summed E-state index contributed by atoms with van der Waals surface area (Å²) in [4.78, 5) is 42.8. The Morgan fingerprint density at radius 2 is 1.65 bits per heavy atom. The molecule has 2 fully saturated rings. The van der Waals surface area contributed by atoms with Crippen LogP contribution in [0.1, 0.15) is 44.7 Å². The number of piperidine rings is 1. The van der Waals surface area contributed by atoms with Gasteiger partial charge in [-0.3, -0.25) is 14.5 Å². The molecule has 0 aliphatic carbocycles. The van der Waals surface area contributed by atoms with Gasteiger partial charge in [-0.2, -0.15) is 0 Å². The van der Waals surface area contributed by atoms with E-state index in [0.29, 0.717) is 42.9 Å². The van der Waals surface area contributed by atoms with Crippen molar-refractivity contribution in [2.45, 2.75) is 52.2 Å². The number of hydrogen-bond donors (Lipinski definition) is 1. The summed E-state index contributed by atoms with van der Waals surface area (Å²) in [6, 6.07) is 15.4.